The molecule has 74 valence electrons. The van der Waals surface area contributed by atoms with Crippen molar-refractivity contribution in [3.63, 3.8) is 0 Å². The van der Waals surface area contributed by atoms with Gasteiger partial charge in [-0.05, 0) is 6.42 Å². The van der Waals surface area contributed by atoms with E-state index >= 15 is 0 Å². The predicted molar refractivity (Wildman–Crippen MR) is 48.7 cm³/mol. The molecule has 0 spiro atoms. The third-order valence-corrected chi connectivity index (χ3v) is 1.89. The molecule has 0 atom stereocenters. The Bertz CT molecular complexity index is 384. The molecule has 0 fully saturated rings. The van der Waals surface area contributed by atoms with Gasteiger partial charge in [0.05, 0.1) is 6.20 Å². The van der Waals surface area contributed by atoms with Crippen LogP contribution in [0, 0.1) is 0 Å². The highest BCUT2D eigenvalue weighted by Crippen LogP contribution is 2.13. The molecule has 0 aromatic carbocycles. The number of alkyl halides is 1. The first-order valence-electron chi connectivity index (χ1n) is 4.14. The third-order valence-electron chi connectivity index (χ3n) is 1.63. The molecule has 2 rings (SSSR count). The van der Waals surface area contributed by atoms with E-state index in [2.05, 4.69) is 25.6 Å². The highest BCUT2D eigenvalue weighted by molar-refractivity contribution is 6.17. The quantitative estimate of drug-likeness (QED) is 0.768. The lowest BCUT2D eigenvalue weighted by molar-refractivity contribution is 0.501. The van der Waals surface area contributed by atoms with Crippen LogP contribution in [0.3, 0.4) is 0 Å². The number of halogens is 1. The molecule has 1 N–H and O–H groups in total. The zero-order valence-electron chi connectivity index (χ0n) is 7.27. The molecule has 2 heterocycles. The Morgan fingerprint density at radius 1 is 1.43 bits per heavy atom. The number of aromatic nitrogens is 5. The lowest BCUT2D eigenvalue weighted by atomic mass is 10.3. The molecule has 2 aromatic rings. The highest BCUT2D eigenvalue weighted by Gasteiger charge is 2.09. The van der Waals surface area contributed by atoms with Crippen LogP contribution in [0.5, 0.6) is 0 Å². The van der Waals surface area contributed by atoms with Gasteiger partial charge in [0.15, 0.2) is 5.69 Å². The Labute approximate surface area is 84.7 Å². The zero-order valence-corrected chi connectivity index (χ0v) is 8.03. The highest BCUT2D eigenvalue weighted by atomic mass is 35.5. The second-order valence-electron chi connectivity index (χ2n) is 2.65. The minimum absolute atomic E-state index is 0.378. The van der Waals surface area contributed by atoms with Gasteiger partial charge in [-0.1, -0.05) is 0 Å². The van der Waals surface area contributed by atoms with Gasteiger partial charge in [0.2, 0.25) is 5.89 Å². The van der Waals surface area contributed by atoms with Gasteiger partial charge in [0.1, 0.15) is 0 Å². The number of nitrogens with zero attached hydrogens (tertiary/aromatic N) is 4. The average Bonchev–Trinajstić information content (AvgIpc) is 2.85. The van der Waals surface area contributed by atoms with Gasteiger partial charge in [0, 0.05) is 12.3 Å². The van der Waals surface area contributed by atoms with Crippen LogP contribution in [0.2, 0.25) is 0 Å². The molecule has 0 bridgehead atoms. The van der Waals surface area contributed by atoms with Crippen molar-refractivity contribution in [3.8, 4) is 11.6 Å². The Kier molecular flexibility index (Phi) is 2.73. The number of aromatic amines is 1. The van der Waals surface area contributed by atoms with Crippen LogP contribution in [0.25, 0.3) is 11.6 Å². The third kappa shape index (κ3) is 1.90. The van der Waals surface area contributed by atoms with E-state index in [1.54, 1.807) is 0 Å². The van der Waals surface area contributed by atoms with Crippen LogP contribution in [0.15, 0.2) is 10.6 Å². The Morgan fingerprint density at radius 2 is 2.36 bits per heavy atom. The molecule has 7 heteroatoms. The summed E-state index contributed by atoms with van der Waals surface area (Å²) in [4.78, 5) is 0. The van der Waals surface area contributed by atoms with E-state index in [1.165, 1.54) is 6.20 Å². The van der Waals surface area contributed by atoms with Crippen LogP contribution in [-0.4, -0.2) is 31.5 Å². The van der Waals surface area contributed by atoms with Crippen LogP contribution >= 0.6 is 11.6 Å². The Morgan fingerprint density at radius 3 is 3.07 bits per heavy atom. The minimum atomic E-state index is 0.378. The number of H-pyrrole nitrogens is 1. The van der Waals surface area contributed by atoms with E-state index in [0.29, 0.717) is 29.8 Å². The second-order valence-corrected chi connectivity index (χ2v) is 3.03. The van der Waals surface area contributed by atoms with Crippen molar-refractivity contribution in [1.29, 1.82) is 0 Å². The summed E-state index contributed by atoms with van der Waals surface area (Å²) in [5.74, 6) is 1.54. The van der Waals surface area contributed by atoms with Crippen molar-refractivity contribution in [2.75, 3.05) is 5.88 Å². The van der Waals surface area contributed by atoms with Gasteiger partial charge in [-0.25, -0.2) is 0 Å². The average molecular weight is 214 g/mol. The molecule has 14 heavy (non-hydrogen) atoms. The predicted octanol–water partition coefficient (Wildman–Crippen LogP) is 1.03. The van der Waals surface area contributed by atoms with Gasteiger partial charge in [0.25, 0.3) is 5.89 Å². The summed E-state index contributed by atoms with van der Waals surface area (Å²) in [5, 5.41) is 17.6. The summed E-state index contributed by atoms with van der Waals surface area (Å²) in [6, 6.07) is 0. The van der Waals surface area contributed by atoms with Crippen molar-refractivity contribution in [2.24, 2.45) is 0 Å². The van der Waals surface area contributed by atoms with Crippen LogP contribution in [-0.2, 0) is 6.42 Å². The largest absolute Gasteiger partial charge is 0.419 e. The van der Waals surface area contributed by atoms with Crippen molar-refractivity contribution in [2.45, 2.75) is 12.8 Å². The summed E-state index contributed by atoms with van der Waals surface area (Å²) in [7, 11) is 0. The summed E-state index contributed by atoms with van der Waals surface area (Å²) < 4.78 is 5.33. The van der Waals surface area contributed by atoms with E-state index in [4.69, 9.17) is 16.0 Å². The molecule has 0 aliphatic carbocycles. The fourth-order valence-corrected chi connectivity index (χ4v) is 1.11. The lowest BCUT2D eigenvalue weighted by Gasteiger charge is -1.88. The first-order valence-corrected chi connectivity index (χ1v) is 4.68. The van der Waals surface area contributed by atoms with Gasteiger partial charge < -0.3 is 4.42 Å². The number of rotatable bonds is 4. The second kappa shape index (κ2) is 4.19. The minimum Gasteiger partial charge on any atom is -0.419 e. The standard InChI is InChI=1S/C7H8ClN5O/c8-3-1-2-6-11-12-7(14-6)5-4-9-13-10-5/h4H,1-3H2,(H,9,10,13). The maximum absolute atomic E-state index is 5.54. The van der Waals surface area contributed by atoms with Crippen LogP contribution < -0.4 is 0 Å². The molecular weight excluding hydrogens is 206 g/mol. The molecule has 0 amide bonds. The van der Waals surface area contributed by atoms with Crippen LogP contribution in [0.4, 0.5) is 0 Å². The number of nitrogens with one attached hydrogen (secondary N) is 1. The molecule has 0 aliphatic rings. The van der Waals surface area contributed by atoms with Gasteiger partial charge in [-0.2, -0.15) is 15.4 Å². The van der Waals surface area contributed by atoms with Gasteiger partial charge >= 0.3 is 0 Å². The molecule has 0 saturated heterocycles. The molecule has 0 aliphatic heterocycles. The van der Waals surface area contributed by atoms with Crippen LogP contribution in [0.1, 0.15) is 12.3 Å². The lowest BCUT2D eigenvalue weighted by Crippen LogP contribution is -1.85. The molecule has 0 unspecified atom stereocenters. The van der Waals surface area contributed by atoms with Crippen molar-refractivity contribution >= 4 is 11.6 Å². The number of hydrogen-bond donors (Lipinski definition) is 1. The van der Waals surface area contributed by atoms with E-state index in [9.17, 15) is 0 Å². The summed E-state index contributed by atoms with van der Waals surface area (Å²) in [6.07, 6.45) is 3.04. The maximum atomic E-state index is 5.54. The molecule has 0 saturated carbocycles. The van der Waals surface area contributed by atoms with Crippen molar-refractivity contribution < 1.29 is 4.42 Å². The van der Waals surface area contributed by atoms with E-state index < -0.39 is 0 Å². The normalized spacial score (nSPS) is 10.6. The zero-order chi connectivity index (χ0) is 9.80. The van der Waals surface area contributed by atoms with E-state index in [0.717, 1.165) is 6.42 Å². The maximum Gasteiger partial charge on any atom is 0.269 e. The Balaban J connectivity index is 2.10. The number of aryl methyl sites for hydroxylation is 1. The first kappa shape index (κ1) is 9.14. The molecular formula is C7H8ClN5O. The fraction of sp³-hybridized carbons (Fsp3) is 0.429. The topological polar surface area (TPSA) is 80.5 Å². The summed E-state index contributed by atoms with van der Waals surface area (Å²) in [5.41, 5.74) is 0.551. The smallest absolute Gasteiger partial charge is 0.269 e. The summed E-state index contributed by atoms with van der Waals surface area (Å²) >= 11 is 5.54. The molecule has 2 aromatic heterocycles. The van der Waals surface area contributed by atoms with E-state index in [-0.39, 0.29) is 0 Å². The van der Waals surface area contributed by atoms with Gasteiger partial charge in [-0.3, -0.25) is 0 Å². The summed E-state index contributed by atoms with van der Waals surface area (Å²) in [6.45, 7) is 0. The SMILES string of the molecule is ClCCCc1nnc(-c2cn[nH]n2)o1. The molecule has 0 radical (unpaired) electrons. The Hall–Kier alpha value is -1.43. The van der Waals surface area contributed by atoms with Crippen molar-refractivity contribution in [3.05, 3.63) is 12.1 Å². The fourth-order valence-electron chi connectivity index (χ4n) is 0.981. The monoisotopic (exact) mass is 213 g/mol. The van der Waals surface area contributed by atoms with E-state index in [1.807, 2.05) is 0 Å². The first-order chi connectivity index (χ1) is 6.90. The molecule has 6 nitrogen and oxygen atoms in total. The van der Waals surface area contributed by atoms with Crippen molar-refractivity contribution in [1.82, 2.24) is 25.6 Å². The van der Waals surface area contributed by atoms with Gasteiger partial charge in [-0.15, -0.1) is 21.8 Å². The number of hydrogen-bond acceptors (Lipinski definition) is 5.